The van der Waals surface area contributed by atoms with Crippen molar-refractivity contribution in [3.8, 4) is 0 Å². The Morgan fingerprint density at radius 3 is 3.09 bits per heavy atom. The van der Waals surface area contributed by atoms with Crippen LogP contribution < -0.4 is 0 Å². The maximum Gasteiger partial charge on any atom is 0.123 e. The molecule has 2 unspecified atom stereocenters. The second-order valence-corrected chi connectivity index (χ2v) is 7.55. The van der Waals surface area contributed by atoms with Crippen LogP contribution in [0.3, 0.4) is 0 Å². The number of aromatic amines is 1. The zero-order chi connectivity index (χ0) is 14.8. The van der Waals surface area contributed by atoms with Gasteiger partial charge in [-0.2, -0.15) is 0 Å². The van der Waals surface area contributed by atoms with Crippen LogP contribution in [-0.2, 0) is 6.42 Å². The lowest BCUT2D eigenvalue weighted by atomic mass is 9.65. The summed E-state index contributed by atoms with van der Waals surface area (Å²) in [4.78, 5) is 6.42. The number of nitrogens with one attached hydrogen (secondary N) is 1. The molecule has 1 aliphatic carbocycles. The van der Waals surface area contributed by atoms with Gasteiger partial charge in [0.1, 0.15) is 5.82 Å². The fourth-order valence-corrected chi connectivity index (χ4v) is 5.67. The van der Waals surface area contributed by atoms with E-state index in [0.717, 1.165) is 35.7 Å². The molecule has 3 fully saturated rings. The molecule has 1 aromatic carbocycles. The Bertz CT molecular complexity index is 734. The van der Waals surface area contributed by atoms with Crippen LogP contribution in [-0.4, -0.2) is 29.0 Å². The van der Waals surface area contributed by atoms with E-state index in [9.17, 15) is 4.39 Å². The summed E-state index contributed by atoms with van der Waals surface area (Å²) in [5.74, 6) is 2.21. The molecule has 4 aliphatic rings. The maximum atomic E-state index is 13.7. The van der Waals surface area contributed by atoms with Gasteiger partial charge in [0.05, 0.1) is 0 Å². The summed E-state index contributed by atoms with van der Waals surface area (Å²) in [6, 6.07) is 5.92. The van der Waals surface area contributed by atoms with Gasteiger partial charge in [-0.25, -0.2) is 4.39 Å². The van der Waals surface area contributed by atoms with E-state index in [2.05, 4.69) is 16.8 Å². The molecule has 1 saturated carbocycles. The van der Waals surface area contributed by atoms with Crippen molar-refractivity contribution in [3.63, 3.8) is 0 Å². The van der Waals surface area contributed by atoms with Crippen molar-refractivity contribution in [3.05, 3.63) is 35.3 Å². The number of hydrogen-bond acceptors (Lipinski definition) is 1. The summed E-state index contributed by atoms with van der Waals surface area (Å²) in [6.07, 6.45) is 5.09. The molecular weight excluding hydrogens is 275 g/mol. The van der Waals surface area contributed by atoms with Gasteiger partial charge in [0.2, 0.25) is 0 Å². The normalized spacial score (nSPS) is 36.4. The highest BCUT2D eigenvalue weighted by atomic mass is 19.1. The van der Waals surface area contributed by atoms with Crippen LogP contribution in [0.1, 0.15) is 43.4 Å². The zero-order valence-electron chi connectivity index (χ0n) is 13.1. The number of fused-ring (bicyclic) bond motifs is 4. The quantitative estimate of drug-likeness (QED) is 0.841. The third-order valence-electron chi connectivity index (χ3n) is 6.48. The number of piperidine rings is 2. The van der Waals surface area contributed by atoms with Crippen LogP contribution in [0.5, 0.6) is 0 Å². The van der Waals surface area contributed by atoms with E-state index in [4.69, 9.17) is 0 Å². The number of benzene rings is 1. The van der Waals surface area contributed by atoms with Crippen molar-refractivity contribution in [2.75, 3.05) is 13.1 Å². The van der Waals surface area contributed by atoms with E-state index in [-0.39, 0.29) is 5.82 Å². The minimum absolute atomic E-state index is 0.116. The second kappa shape index (κ2) is 4.58. The Kier molecular flexibility index (Phi) is 2.73. The van der Waals surface area contributed by atoms with Crippen molar-refractivity contribution >= 4 is 10.9 Å². The largest absolute Gasteiger partial charge is 0.358 e. The Hall–Kier alpha value is -1.35. The van der Waals surface area contributed by atoms with E-state index in [1.807, 2.05) is 6.07 Å². The Labute approximate surface area is 130 Å². The Morgan fingerprint density at radius 2 is 2.23 bits per heavy atom. The lowest BCUT2D eigenvalue weighted by molar-refractivity contribution is -0.0134. The summed E-state index contributed by atoms with van der Waals surface area (Å²) >= 11 is 0. The highest BCUT2D eigenvalue weighted by molar-refractivity contribution is 5.85. The first-order valence-corrected chi connectivity index (χ1v) is 8.78. The van der Waals surface area contributed by atoms with E-state index in [1.165, 1.54) is 37.1 Å². The molecule has 6 rings (SSSR count). The van der Waals surface area contributed by atoms with Crippen molar-refractivity contribution in [1.82, 2.24) is 9.88 Å². The summed E-state index contributed by atoms with van der Waals surface area (Å²) in [5.41, 5.74) is 3.94. The lowest BCUT2D eigenvalue weighted by Gasteiger charge is -2.53. The highest BCUT2D eigenvalue weighted by Gasteiger charge is 2.48. The number of rotatable bonds is 1. The second-order valence-electron chi connectivity index (χ2n) is 7.55. The average Bonchev–Trinajstić information content (AvgIpc) is 2.85. The fraction of sp³-hybridized carbons (Fsp3) is 0.579. The molecule has 0 amide bonds. The van der Waals surface area contributed by atoms with Crippen LogP contribution in [0.4, 0.5) is 4.39 Å². The van der Waals surface area contributed by atoms with Gasteiger partial charge in [0.25, 0.3) is 0 Å². The van der Waals surface area contributed by atoms with Crippen molar-refractivity contribution in [1.29, 1.82) is 0 Å². The zero-order valence-corrected chi connectivity index (χ0v) is 13.1. The van der Waals surface area contributed by atoms with Crippen LogP contribution in [0, 0.1) is 17.7 Å². The molecule has 3 heteroatoms. The highest BCUT2D eigenvalue weighted by Crippen LogP contribution is 2.50. The lowest BCUT2D eigenvalue weighted by Crippen LogP contribution is -2.56. The Balaban J connectivity index is 1.69. The van der Waals surface area contributed by atoms with Crippen LogP contribution >= 0.6 is 0 Å². The summed E-state index contributed by atoms with van der Waals surface area (Å²) in [6.45, 7) is 4.78. The predicted octanol–water partition coefficient (Wildman–Crippen LogP) is 4.07. The van der Waals surface area contributed by atoms with E-state index >= 15 is 0 Å². The van der Waals surface area contributed by atoms with E-state index in [0.29, 0.717) is 12.0 Å². The molecule has 0 spiro atoms. The monoisotopic (exact) mass is 298 g/mol. The van der Waals surface area contributed by atoms with Gasteiger partial charge in [-0.3, -0.25) is 4.90 Å². The smallest absolute Gasteiger partial charge is 0.123 e. The van der Waals surface area contributed by atoms with Gasteiger partial charge < -0.3 is 4.98 Å². The van der Waals surface area contributed by atoms with Crippen LogP contribution in [0.25, 0.3) is 10.9 Å². The molecule has 3 aliphatic heterocycles. The third-order valence-corrected chi connectivity index (χ3v) is 6.48. The molecule has 2 saturated heterocycles. The van der Waals surface area contributed by atoms with Gasteiger partial charge in [0.15, 0.2) is 0 Å². The molecular formula is C19H23FN2. The molecule has 5 atom stereocenters. The molecule has 1 N–H and O–H groups in total. The maximum absolute atomic E-state index is 13.7. The third kappa shape index (κ3) is 1.69. The molecule has 4 heterocycles. The Morgan fingerprint density at radius 1 is 1.32 bits per heavy atom. The first-order chi connectivity index (χ1) is 10.7. The molecule has 1 aromatic heterocycles. The summed E-state index contributed by atoms with van der Waals surface area (Å²) in [5, 5.41) is 1.12. The van der Waals surface area contributed by atoms with E-state index in [1.54, 1.807) is 12.1 Å². The molecule has 22 heavy (non-hydrogen) atoms. The van der Waals surface area contributed by atoms with Gasteiger partial charge in [-0.05, 0) is 54.9 Å². The predicted molar refractivity (Wildman–Crippen MR) is 86.6 cm³/mol. The number of hydrogen-bond donors (Lipinski definition) is 1. The minimum atomic E-state index is -0.116. The molecule has 116 valence electrons. The first-order valence-electron chi connectivity index (χ1n) is 8.78. The number of halogens is 1. The molecule has 0 radical (unpaired) electrons. The number of aromatic nitrogens is 1. The van der Waals surface area contributed by atoms with Crippen molar-refractivity contribution < 1.29 is 4.39 Å². The molecule has 2 nitrogen and oxygen atoms in total. The van der Waals surface area contributed by atoms with Gasteiger partial charge in [0, 0.05) is 41.6 Å². The first kappa shape index (κ1) is 13.1. The topological polar surface area (TPSA) is 19.0 Å². The van der Waals surface area contributed by atoms with Gasteiger partial charge in [-0.15, -0.1) is 0 Å². The van der Waals surface area contributed by atoms with Crippen molar-refractivity contribution in [2.24, 2.45) is 11.8 Å². The van der Waals surface area contributed by atoms with Crippen molar-refractivity contribution in [2.45, 2.75) is 44.6 Å². The molecule has 2 aromatic rings. The van der Waals surface area contributed by atoms with Gasteiger partial charge >= 0.3 is 0 Å². The fourth-order valence-electron chi connectivity index (χ4n) is 5.67. The SMILES string of the molecule is CC[C@H]1C[C@H]2C[C@H]3c4[nH]c5ccc(F)cc5c4CCN(C2)C13. The minimum Gasteiger partial charge on any atom is -0.358 e. The standard InChI is InChI=1S/C19H23FN2/c1-2-12-7-11-8-16-18-14(5-6-22(10-11)19(12)16)15-9-13(20)3-4-17(15)21-18/h3-4,9,11-12,16,19,21H,2,5-8,10H2,1H3/t11-,12-,16-,19?/m0/s1. The van der Waals surface area contributed by atoms with E-state index < -0.39 is 0 Å². The number of H-pyrrole nitrogens is 1. The molecule has 4 bridgehead atoms. The number of nitrogens with zero attached hydrogens (tertiary/aromatic N) is 1. The average molecular weight is 298 g/mol. The van der Waals surface area contributed by atoms with Crippen LogP contribution in [0.15, 0.2) is 18.2 Å². The van der Waals surface area contributed by atoms with Gasteiger partial charge in [-0.1, -0.05) is 13.3 Å². The van der Waals surface area contributed by atoms with Crippen LogP contribution in [0.2, 0.25) is 0 Å². The summed E-state index contributed by atoms with van der Waals surface area (Å²) in [7, 11) is 0. The summed E-state index contributed by atoms with van der Waals surface area (Å²) < 4.78 is 13.7.